The van der Waals surface area contributed by atoms with Crippen molar-refractivity contribution in [3.8, 4) is 0 Å². The molecule has 0 bridgehead atoms. The number of carbonyl (C=O) groups excluding carboxylic acids is 1. The molecule has 18 heavy (non-hydrogen) atoms. The number of carbonyl (C=O) groups is 1. The number of hydrogen-bond acceptors (Lipinski definition) is 3. The zero-order valence-corrected chi connectivity index (χ0v) is 12.2. The molecule has 1 aliphatic rings. The molecular weight excluding hydrogens is 226 g/mol. The molecule has 1 heterocycles. The van der Waals surface area contributed by atoms with E-state index >= 15 is 0 Å². The first-order chi connectivity index (χ1) is 8.59. The molecule has 1 atom stereocenters. The normalized spacial score (nSPS) is 18.9. The van der Waals surface area contributed by atoms with E-state index in [2.05, 4.69) is 36.3 Å². The maximum atomic E-state index is 11.6. The van der Waals surface area contributed by atoms with E-state index in [-0.39, 0.29) is 5.91 Å². The van der Waals surface area contributed by atoms with E-state index in [0.717, 1.165) is 13.1 Å². The summed E-state index contributed by atoms with van der Waals surface area (Å²) >= 11 is 0. The highest BCUT2D eigenvalue weighted by Crippen LogP contribution is 2.11. The van der Waals surface area contributed by atoms with Crippen LogP contribution in [-0.4, -0.2) is 49.1 Å². The summed E-state index contributed by atoms with van der Waals surface area (Å²) in [6.45, 7) is 10.3. The van der Waals surface area contributed by atoms with Crippen LogP contribution in [0.4, 0.5) is 0 Å². The second-order valence-electron chi connectivity index (χ2n) is 5.61. The van der Waals surface area contributed by atoms with Crippen LogP contribution >= 0.6 is 0 Å². The Morgan fingerprint density at radius 3 is 2.44 bits per heavy atom. The average molecular weight is 255 g/mol. The number of likely N-dealkylation sites (tertiary alicyclic amines) is 1. The van der Waals surface area contributed by atoms with Crippen LogP contribution in [0, 0.1) is 0 Å². The van der Waals surface area contributed by atoms with Gasteiger partial charge in [-0.05, 0) is 32.9 Å². The number of nitrogens with one attached hydrogen (secondary N) is 2. The van der Waals surface area contributed by atoms with Crippen LogP contribution in [-0.2, 0) is 4.79 Å². The van der Waals surface area contributed by atoms with Crippen LogP contribution in [0.2, 0.25) is 0 Å². The second-order valence-corrected chi connectivity index (χ2v) is 5.61. The van der Waals surface area contributed by atoms with Crippen LogP contribution in [0.1, 0.15) is 46.5 Å². The van der Waals surface area contributed by atoms with E-state index in [1.807, 2.05) is 0 Å². The maximum absolute atomic E-state index is 11.6. The molecule has 0 saturated carbocycles. The largest absolute Gasteiger partial charge is 0.355 e. The van der Waals surface area contributed by atoms with Crippen LogP contribution < -0.4 is 10.6 Å². The molecule has 106 valence electrons. The van der Waals surface area contributed by atoms with Gasteiger partial charge in [0, 0.05) is 31.6 Å². The van der Waals surface area contributed by atoms with Gasteiger partial charge >= 0.3 is 0 Å². The molecule has 0 aromatic rings. The van der Waals surface area contributed by atoms with Crippen molar-refractivity contribution in [3.05, 3.63) is 0 Å². The van der Waals surface area contributed by atoms with Crippen LogP contribution in [0.15, 0.2) is 0 Å². The molecule has 0 radical (unpaired) electrons. The van der Waals surface area contributed by atoms with Gasteiger partial charge in [-0.1, -0.05) is 20.3 Å². The van der Waals surface area contributed by atoms with Crippen LogP contribution in [0.3, 0.4) is 0 Å². The third kappa shape index (κ3) is 6.36. The maximum Gasteiger partial charge on any atom is 0.221 e. The standard InChI is InChI=1S/C14H29N3O/c1-12(2)15-8-7-14(18)16-11-13(3)17-9-5-4-6-10-17/h12-13,15H,4-11H2,1-3H3,(H,16,18). The number of amides is 1. The molecule has 0 aliphatic carbocycles. The zero-order valence-electron chi connectivity index (χ0n) is 12.2. The van der Waals surface area contributed by atoms with Crippen molar-refractivity contribution in [1.82, 2.24) is 15.5 Å². The lowest BCUT2D eigenvalue weighted by Crippen LogP contribution is -2.44. The predicted molar refractivity (Wildman–Crippen MR) is 75.7 cm³/mol. The summed E-state index contributed by atoms with van der Waals surface area (Å²) in [6.07, 6.45) is 4.54. The molecule has 0 aromatic heterocycles. The summed E-state index contributed by atoms with van der Waals surface area (Å²) in [6, 6.07) is 0.914. The SMILES string of the molecule is CC(C)NCCC(=O)NCC(C)N1CCCCC1. The number of nitrogens with zero attached hydrogens (tertiary/aromatic N) is 1. The Hall–Kier alpha value is -0.610. The molecule has 4 heteroatoms. The van der Waals surface area contributed by atoms with Crippen molar-refractivity contribution in [2.24, 2.45) is 0 Å². The lowest BCUT2D eigenvalue weighted by molar-refractivity contribution is -0.121. The van der Waals surface area contributed by atoms with Crippen molar-refractivity contribution < 1.29 is 4.79 Å². The van der Waals surface area contributed by atoms with Gasteiger partial charge in [0.1, 0.15) is 0 Å². The van der Waals surface area contributed by atoms with Gasteiger partial charge in [-0.3, -0.25) is 9.69 Å². The fraction of sp³-hybridized carbons (Fsp3) is 0.929. The first kappa shape index (κ1) is 15.4. The van der Waals surface area contributed by atoms with E-state index in [1.54, 1.807) is 0 Å². The van der Waals surface area contributed by atoms with E-state index in [4.69, 9.17) is 0 Å². The van der Waals surface area contributed by atoms with E-state index in [9.17, 15) is 4.79 Å². The number of hydrogen-bond donors (Lipinski definition) is 2. The van der Waals surface area contributed by atoms with E-state index in [0.29, 0.717) is 18.5 Å². The Kier molecular flexibility index (Phi) is 7.28. The summed E-state index contributed by atoms with van der Waals surface area (Å²) in [7, 11) is 0. The van der Waals surface area contributed by atoms with Gasteiger partial charge in [-0.25, -0.2) is 0 Å². The van der Waals surface area contributed by atoms with Crippen LogP contribution in [0.5, 0.6) is 0 Å². The van der Waals surface area contributed by atoms with Crippen molar-refractivity contribution in [2.45, 2.75) is 58.5 Å². The summed E-state index contributed by atoms with van der Waals surface area (Å²) in [5.41, 5.74) is 0. The Balaban J connectivity index is 2.09. The number of rotatable bonds is 7. The quantitative estimate of drug-likeness (QED) is 0.722. The molecule has 1 rings (SSSR count). The molecule has 1 unspecified atom stereocenters. The monoisotopic (exact) mass is 255 g/mol. The summed E-state index contributed by atoms with van der Waals surface area (Å²) < 4.78 is 0. The molecule has 1 amide bonds. The third-order valence-corrected chi connectivity index (χ3v) is 3.51. The molecule has 0 aromatic carbocycles. The highest BCUT2D eigenvalue weighted by Gasteiger charge is 2.16. The van der Waals surface area contributed by atoms with Gasteiger partial charge in [-0.2, -0.15) is 0 Å². The minimum Gasteiger partial charge on any atom is -0.355 e. The van der Waals surface area contributed by atoms with Gasteiger partial charge in [0.05, 0.1) is 0 Å². The van der Waals surface area contributed by atoms with E-state index in [1.165, 1.54) is 32.4 Å². The predicted octanol–water partition coefficient (Wildman–Crippen LogP) is 1.37. The van der Waals surface area contributed by atoms with Crippen molar-refractivity contribution in [1.29, 1.82) is 0 Å². The molecule has 1 aliphatic heterocycles. The van der Waals surface area contributed by atoms with E-state index < -0.39 is 0 Å². The topological polar surface area (TPSA) is 44.4 Å². The summed E-state index contributed by atoms with van der Waals surface area (Å²) in [5, 5.41) is 6.29. The molecule has 2 N–H and O–H groups in total. The molecule has 1 fully saturated rings. The zero-order chi connectivity index (χ0) is 13.4. The summed E-state index contributed by atoms with van der Waals surface area (Å²) in [5.74, 6) is 0.159. The smallest absolute Gasteiger partial charge is 0.221 e. The Morgan fingerprint density at radius 1 is 1.17 bits per heavy atom. The van der Waals surface area contributed by atoms with Crippen molar-refractivity contribution >= 4 is 5.91 Å². The lowest BCUT2D eigenvalue weighted by atomic mass is 10.1. The first-order valence-electron chi connectivity index (χ1n) is 7.33. The Bertz CT molecular complexity index is 237. The summed E-state index contributed by atoms with van der Waals surface area (Å²) in [4.78, 5) is 14.1. The minimum atomic E-state index is 0.159. The minimum absolute atomic E-state index is 0.159. The van der Waals surface area contributed by atoms with Gasteiger partial charge in [0.2, 0.25) is 5.91 Å². The fourth-order valence-corrected chi connectivity index (χ4v) is 2.31. The van der Waals surface area contributed by atoms with Crippen LogP contribution in [0.25, 0.3) is 0 Å². The highest BCUT2D eigenvalue weighted by atomic mass is 16.1. The van der Waals surface area contributed by atoms with Crippen molar-refractivity contribution in [3.63, 3.8) is 0 Å². The highest BCUT2D eigenvalue weighted by molar-refractivity contribution is 5.76. The van der Waals surface area contributed by atoms with Gasteiger partial charge < -0.3 is 10.6 Å². The fourth-order valence-electron chi connectivity index (χ4n) is 2.31. The molecular formula is C14H29N3O. The molecule has 4 nitrogen and oxygen atoms in total. The van der Waals surface area contributed by atoms with Gasteiger partial charge in [0.25, 0.3) is 0 Å². The molecule has 0 spiro atoms. The van der Waals surface area contributed by atoms with Gasteiger partial charge in [0.15, 0.2) is 0 Å². The third-order valence-electron chi connectivity index (χ3n) is 3.51. The Morgan fingerprint density at radius 2 is 1.83 bits per heavy atom. The number of piperidine rings is 1. The average Bonchev–Trinajstić information content (AvgIpc) is 2.36. The first-order valence-corrected chi connectivity index (χ1v) is 7.33. The van der Waals surface area contributed by atoms with Gasteiger partial charge in [-0.15, -0.1) is 0 Å². The second kappa shape index (κ2) is 8.48. The molecule has 1 saturated heterocycles. The Labute approximate surface area is 111 Å². The van der Waals surface area contributed by atoms with Crippen molar-refractivity contribution in [2.75, 3.05) is 26.2 Å². The lowest BCUT2D eigenvalue weighted by Gasteiger charge is -2.32.